The molecule has 1 aliphatic rings. The van der Waals surface area contributed by atoms with E-state index in [4.69, 9.17) is 9.47 Å². The van der Waals surface area contributed by atoms with Crippen molar-refractivity contribution in [3.05, 3.63) is 46.0 Å². The molecule has 0 radical (unpaired) electrons. The number of hydrogen-bond acceptors (Lipinski definition) is 5. The maximum Gasteiger partial charge on any atom is 0.513 e. The lowest BCUT2D eigenvalue weighted by Gasteiger charge is -2.05. The third-order valence-corrected chi connectivity index (χ3v) is 2.57. The average Bonchev–Trinajstić information content (AvgIpc) is 3.03. The molecule has 0 heterocycles. The molecule has 18 heavy (non-hydrogen) atoms. The number of carbonyl (C=O) groups excluding carboxylic acids is 1. The number of non-ortho nitro benzene ring substituents is 1. The Bertz CT molecular complexity index is 506. The van der Waals surface area contributed by atoms with Crippen LogP contribution >= 0.6 is 0 Å². The van der Waals surface area contributed by atoms with Gasteiger partial charge < -0.3 is 9.47 Å². The fraction of sp³-hybridized carbons (Fsp3) is 0.250. The van der Waals surface area contributed by atoms with Gasteiger partial charge in [0.05, 0.1) is 4.92 Å². The zero-order chi connectivity index (χ0) is 13.1. The van der Waals surface area contributed by atoms with Gasteiger partial charge in [0.25, 0.3) is 5.69 Å². The van der Waals surface area contributed by atoms with Crippen LogP contribution in [-0.4, -0.2) is 17.7 Å². The fourth-order valence-corrected chi connectivity index (χ4v) is 1.37. The number of carbonyl (C=O) groups is 1. The van der Waals surface area contributed by atoms with Gasteiger partial charge in [-0.25, -0.2) is 4.79 Å². The molecule has 0 aromatic heterocycles. The summed E-state index contributed by atoms with van der Waals surface area (Å²) in [7, 11) is 0. The van der Waals surface area contributed by atoms with E-state index in [2.05, 4.69) is 0 Å². The van der Waals surface area contributed by atoms with Crippen molar-refractivity contribution in [2.45, 2.75) is 6.92 Å². The van der Waals surface area contributed by atoms with Crippen molar-refractivity contribution in [3.8, 4) is 5.75 Å². The van der Waals surface area contributed by atoms with Gasteiger partial charge in [-0.1, -0.05) is 11.6 Å². The van der Waals surface area contributed by atoms with Gasteiger partial charge in [0.1, 0.15) is 12.4 Å². The van der Waals surface area contributed by atoms with E-state index >= 15 is 0 Å². The number of rotatable bonds is 4. The Morgan fingerprint density at radius 2 is 2.00 bits per heavy atom. The van der Waals surface area contributed by atoms with Gasteiger partial charge in [0.15, 0.2) is 0 Å². The van der Waals surface area contributed by atoms with Crippen molar-refractivity contribution in [2.24, 2.45) is 5.92 Å². The molecule has 0 unspecified atom stereocenters. The van der Waals surface area contributed by atoms with Crippen LogP contribution in [0, 0.1) is 16.0 Å². The van der Waals surface area contributed by atoms with Gasteiger partial charge in [-0.3, -0.25) is 10.1 Å². The summed E-state index contributed by atoms with van der Waals surface area (Å²) in [5.41, 5.74) is 1.13. The number of benzene rings is 1. The lowest BCUT2D eigenvalue weighted by atomic mass is 10.3. The highest BCUT2D eigenvalue weighted by atomic mass is 16.7. The van der Waals surface area contributed by atoms with E-state index in [-0.39, 0.29) is 24.0 Å². The molecule has 0 aliphatic heterocycles. The summed E-state index contributed by atoms with van der Waals surface area (Å²) in [6.07, 6.45) is 1.18. The monoisotopic (exact) mass is 249 g/mol. The molecule has 1 aliphatic carbocycles. The normalized spacial score (nSPS) is 16.7. The summed E-state index contributed by atoms with van der Waals surface area (Å²) in [5, 5.41) is 10.4. The number of ether oxygens (including phenoxy) is 2. The maximum atomic E-state index is 11.3. The summed E-state index contributed by atoms with van der Waals surface area (Å²) in [6.45, 7) is 2.23. The lowest BCUT2D eigenvalue weighted by Crippen LogP contribution is -2.12. The van der Waals surface area contributed by atoms with Crippen molar-refractivity contribution in [1.82, 2.24) is 0 Å². The van der Waals surface area contributed by atoms with E-state index in [0.717, 1.165) is 0 Å². The van der Waals surface area contributed by atoms with Gasteiger partial charge in [0, 0.05) is 18.1 Å². The number of nitro groups is 1. The Hall–Kier alpha value is -2.37. The molecule has 0 saturated carbocycles. The zero-order valence-electron chi connectivity index (χ0n) is 9.66. The third kappa shape index (κ3) is 3.07. The summed E-state index contributed by atoms with van der Waals surface area (Å²) in [5.74, 6) is 0.445. The molecule has 1 atom stereocenters. The van der Waals surface area contributed by atoms with Gasteiger partial charge in [-0.15, -0.1) is 0 Å². The minimum atomic E-state index is -0.808. The highest BCUT2D eigenvalue weighted by Crippen LogP contribution is 2.27. The Morgan fingerprint density at radius 3 is 2.50 bits per heavy atom. The van der Waals surface area contributed by atoms with Crippen LogP contribution in [0.5, 0.6) is 5.75 Å². The van der Waals surface area contributed by atoms with Crippen molar-refractivity contribution in [1.29, 1.82) is 0 Å². The maximum absolute atomic E-state index is 11.3. The summed E-state index contributed by atoms with van der Waals surface area (Å²) >= 11 is 0. The average molecular weight is 249 g/mol. The fourth-order valence-electron chi connectivity index (χ4n) is 1.37. The third-order valence-electron chi connectivity index (χ3n) is 2.57. The van der Waals surface area contributed by atoms with Crippen molar-refractivity contribution in [2.75, 3.05) is 6.61 Å². The predicted octanol–water partition coefficient (Wildman–Crippen LogP) is 2.69. The molecule has 0 saturated heterocycles. The van der Waals surface area contributed by atoms with Crippen LogP contribution in [-0.2, 0) is 4.74 Å². The van der Waals surface area contributed by atoms with Crippen molar-refractivity contribution >= 4 is 11.8 Å². The summed E-state index contributed by atoms with van der Waals surface area (Å²) < 4.78 is 9.73. The van der Waals surface area contributed by atoms with Gasteiger partial charge >= 0.3 is 6.16 Å². The molecule has 6 nitrogen and oxygen atoms in total. The Balaban J connectivity index is 1.81. The molecule has 6 heteroatoms. The van der Waals surface area contributed by atoms with E-state index in [1.807, 2.05) is 13.0 Å². The first-order valence-electron chi connectivity index (χ1n) is 5.33. The number of nitro benzene ring substituents is 1. The van der Waals surface area contributed by atoms with E-state index in [9.17, 15) is 14.9 Å². The van der Waals surface area contributed by atoms with Crippen molar-refractivity contribution < 1.29 is 19.2 Å². The van der Waals surface area contributed by atoms with E-state index in [1.54, 1.807) is 0 Å². The highest BCUT2D eigenvalue weighted by Gasteiger charge is 2.22. The van der Waals surface area contributed by atoms with Crippen LogP contribution in [0.4, 0.5) is 10.5 Å². The van der Waals surface area contributed by atoms with Crippen LogP contribution in [0.15, 0.2) is 35.9 Å². The van der Waals surface area contributed by atoms with Gasteiger partial charge in [-0.05, 0) is 19.1 Å². The highest BCUT2D eigenvalue weighted by molar-refractivity contribution is 5.64. The first kappa shape index (κ1) is 12.1. The zero-order valence-corrected chi connectivity index (χ0v) is 9.66. The van der Waals surface area contributed by atoms with E-state index in [0.29, 0.717) is 0 Å². The number of hydrogen-bond donors (Lipinski definition) is 0. The largest absolute Gasteiger partial charge is 0.513 e. The molecule has 94 valence electrons. The topological polar surface area (TPSA) is 78.7 Å². The first-order chi connectivity index (χ1) is 8.56. The summed E-state index contributed by atoms with van der Waals surface area (Å²) in [4.78, 5) is 21.2. The van der Waals surface area contributed by atoms with E-state index in [1.165, 1.54) is 29.8 Å². The molecule has 0 amide bonds. The minimum absolute atomic E-state index is 0.0616. The molecule has 0 N–H and O–H groups in total. The standard InChI is InChI=1S/C12H11NO5/c1-8-6-9(8)7-17-12(14)18-11-4-2-10(3-5-11)13(15)16/h2-6,9H,7H2,1H3/t9-/m1/s1. The van der Waals surface area contributed by atoms with Crippen LogP contribution < -0.4 is 4.74 Å². The SMILES string of the molecule is CC1=C[C@@H]1COC(=O)Oc1ccc([N+](=O)[O-])cc1. The van der Waals surface area contributed by atoms with Crippen LogP contribution in [0.2, 0.25) is 0 Å². The Kier molecular flexibility index (Phi) is 3.27. The first-order valence-corrected chi connectivity index (χ1v) is 5.33. The predicted molar refractivity (Wildman–Crippen MR) is 62.3 cm³/mol. The van der Waals surface area contributed by atoms with Gasteiger partial charge in [-0.2, -0.15) is 0 Å². The van der Waals surface area contributed by atoms with Crippen LogP contribution in [0.1, 0.15) is 6.92 Å². The molecule has 0 fully saturated rings. The molecule has 2 rings (SSSR count). The van der Waals surface area contributed by atoms with Gasteiger partial charge in [0.2, 0.25) is 0 Å². The molecule has 0 bridgehead atoms. The second-order valence-corrected chi connectivity index (χ2v) is 3.93. The Morgan fingerprint density at radius 1 is 1.39 bits per heavy atom. The molecular formula is C12H11NO5. The number of nitrogens with zero attached hydrogens (tertiary/aromatic N) is 1. The quantitative estimate of drug-likeness (QED) is 0.269. The van der Waals surface area contributed by atoms with E-state index < -0.39 is 11.1 Å². The van der Waals surface area contributed by atoms with Crippen LogP contribution in [0.3, 0.4) is 0 Å². The smallest absolute Gasteiger partial charge is 0.433 e. The second kappa shape index (κ2) is 4.87. The minimum Gasteiger partial charge on any atom is -0.433 e. The molecule has 1 aromatic rings. The Labute approximate surface area is 103 Å². The van der Waals surface area contributed by atoms with Crippen LogP contribution in [0.25, 0.3) is 0 Å². The summed E-state index contributed by atoms with van der Waals surface area (Å²) in [6, 6.07) is 5.21. The molecule has 1 aromatic carbocycles. The second-order valence-electron chi connectivity index (χ2n) is 3.93. The molecular weight excluding hydrogens is 238 g/mol. The molecule has 0 spiro atoms. The lowest BCUT2D eigenvalue weighted by molar-refractivity contribution is -0.384. The van der Waals surface area contributed by atoms with Crippen molar-refractivity contribution in [3.63, 3.8) is 0 Å².